The summed E-state index contributed by atoms with van der Waals surface area (Å²) in [6, 6.07) is 18.6. The molecular weight excluding hydrogens is 466 g/mol. The molecule has 0 aromatic heterocycles. The molecule has 0 saturated carbocycles. The lowest BCUT2D eigenvalue weighted by molar-refractivity contribution is -0.127. The van der Waals surface area contributed by atoms with Gasteiger partial charge in [-0.15, -0.1) is 0 Å². The number of benzene rings is 3. The molecule has 174 valence electrons. The number of aryl methyl sites for hydroxylation is 1. The average molecular weight is 486 g/mol. The molecule has 0 unspecified atom stereocenters. The van der Waals surface area contributed by atoms with Gasteiger partial charge in [-0.2, -0.15) is 0 Å². The van der Waals surface area contributed by atoms with Crippen molar-refractivity contribution in [2.45, 2.75) is 25.6 Å². The van der Waals surface area contributed by atoms with E-state index in [4.69, 9.17) is 16.3 Å². The highest BCUT2D eigenvalue weighted by Crippen LogP contribution is 2.58. The second-order valence-corrected chi connectivity index (χ2v) is 9.64. The van der Waals surface area contributed by atoms with E-state index in [2.05, 4.69) is 0 Å². The highest BCUT2D eigenvalue weighted by molar-refractivity contribution is 6.37. The zero-order valence-corrected chi connectivity index (χ0v) is 19.7. The van der Waals surface area contributed by atoms with Gasteiger partial charge >= 0.3 is 0 Å². The molecular formula is C28H20ClNO5. The summed E-state index contributed by atoms with van der Waals surface area (Å²) < 4.78 is 6.28. The van der Waals surface area contributed by atoms with Crippen molar-refractivity contribution in [1.29, 1.82) is 0 Å². The summed E-state index contributed by atoms with van der Waals surface area (Å²) in [5, 5.41) is 0.328. The number of ketones is 2. The van der Waals surface area contributed by atoms with Crippen molar-refractivity contribution in [3.63, 3.8) is 0 Å². The van der Waals surface area contributed by atoms with Crippen molar-refractivity contribution in [1.82, 2.24) is 0 Å². The fourth-order valence-electron chi connectivity index (χ4n) is 5.72. The SMILES string of the molecule is Cc1cccc(N2C(=O)[C@H]3[C@@H](C2=O)C2(O[C@H]3c3ccccc3Cl)C(=O)c3ccccc3C2=O)c1C. The first-order valence-electron chi connectivity index (χ1n) is 11.3. The van der Waals surface area contributed by atoms with Crippen LogP contribution in [0.1, 0.15) is 43.5 Å². The summed E-state index contributed by atoms with van der Waals surface area (Å²) in [6.45, 7) is 3.72. The Morgan fingerprint density at radius 1 is 0.800 bits per heavy atom. The Balaban J connectivity index is 1.58. The van der Waals surface area contributed by atoms with Crippen molar-refractivity contribution in [2.24, 2.45) is 11.8 Å². The second-order valence-electron chi connectivity index (χ2n) is 9.23. The molecule has 6 nitrogen and oxygen atoms in total. The Kier molecular flexibility index (Phi) is 4.66. The molecule has 0 radical (unpaired) electrons. The topological polar surface area (TPSA) is 80.8 Å². The minimum absolute atomic E-state index is 0.196. The molecule has 2 heterocycles. The van der Waals surface area contributed by atoms with Crippen LogP contribution in [-0.4, -0.2) is 29.0 Å². The summed E-state index contributed by atoms with van der Waals surface area (Å²) in [5.41, 5.74) is 0.861. The molecule has 3 aliphatic rings. The largest absolute Gasteiger partial charge is 0.349 e. The summed E-state index contributed by atoms with van der Waals surface area (Å²) >= 11 is 6.48. The van der Waals surface area contributed by atoms with Crippen LogP contribution >= 0.6 is 11.6 Å². The zero-order valence-electron chi connectivity index (χ0n) is 18.9. The van der Waals surface area contributed by atoms with Crippen molar-refractivity contribution >= 4 is 40.7 Å². The van der Waals surface area contributed by atoms with Crippen molar-refractivity contribution in [3.8, 4) is 0 Å². The van der Waals surface area contributed by atoms with E-state index in [9.17, 15) is 19.2 Å². The molecule has 2 aliphatic heterocycles. The maximum atomic E-state index is 14.0. The third-order valence-corrected chi connectivity index (χ3v) is 7.89. The lowest BCUT2D eigenvalue weighted by Crippen LogP contribution is -2.51. The number of nitrogens with zero attached hydrogens (tertiary/aromatic N) is 1. The predicted molar refractivity (Wildman–Crippen MR) is 129 cm³/mol. The summed E-state index contributed by atoms with van der Waals surface area (Å²) in [4.78, 5) is 56.7. The molecule has 0 N–H and O–H groups in total. The first kappa shape index (κ1) is 21.9. The Morgan fingerprint density at radius 2 is 1.43 bits per heavy atom. The van der Waals surface area contributed by atoms with Crippen molar-refractivity contribution in [2.75, 3.05) is 4.90 Å². The first-order chi connectivity index (χ1) is 16.8. The lowest BCUT2D eigenvalue weighted by Gasteiger charge is -2.28. The molecule has 1 spiro atoms. The number of rotatable bonds is 2. The molecule has 3 aromatic carbocycles. The lowest BCUT2D eigenvalue weighted by atomic mass is 9.77. The number of imide groups is 1. The monoisotopic (exact) mass is 485 g/mol. The number of Topliss-reactive ketones (excluding diaryl/α,β-unsaturated/α-hetero) is 2. The molecule has 1 aliphatic carbocycles. The summed E-state index contributed by atoms with van der Waals surface area (Å²) in [5.74, 6) is -4.68. The van der Waals surface area contributed by atoms with Crippen LogP contribution in [0.15, 0.2) is 66.7 Å². The molecule has 7 heteroatoms. The van der Waals surface area contributed by atoms with Crippen LogP contribution in [0, 0.1) is 25.7 Å². The summed E-state index contributed by atoms with van der Waals surface area (Å²) in [7, 11) is 0. The fourth-order valence-corrected chi connectivity index (χ4v) is 5.96. The Labute approximate surface area is 206 Å². The minimum atomic E-state index is -2.11. The van der Waals surface area contributed by atoms with Gasteiger partial charge in [0.15, 0.2) is 0 Å². The van der Waals surface area contributed by atoms with E-state index < -0.39 is 46.9 Å². The van der Waals surface area contributed by atoms with E-state index >= 15 is 0 Å². The maximum Gasteiger partial charge on any atom is 0.241 e. The predicted octanol–water partition coefficient (Wildman–Crippen LogP) is 4.65. The Hall–Kier alpha value is -3.61. The van der Waals surface area contributed by atoms with E-state index in [0.29, 0.717) is 16.3 Å². The summed E-state index contributed by atoms with van der Waals surface area (Å²) in [6.07, 6.45) is -1.04. The van der Waals surface area contributed by atoms with Crippen LogP contribution in [0.5, 0.6) is 0 Å². The number of hydrogen-bond acceptors (Lipinski definition) is 5. The standard InChI is InChI=1S/C28H20ClNO5/c1-14-8-7-13-20(15(14)2)30-26(33)21-22(27(30)34)28(35-23(21)18-11-5-6-12-19(18)29)24(31)16-9-3-4-10-17(16)25(28)32/h3-13,21-23H,1-2H3/t21-,22-,23-/m0/s1. The smallest absolute Gasteiger partial charge is 0.241 e. The van der Waals surface area contributed by atoms with E-state index in [1.165, 1.54) is 0 Å². The van der Waals surface area contributed by atoms with Gasteiger partial charge in [-0.3, -0.25) is 19.2 Å². The molecule has 3 atom stereocenters. The minimum Gasteiger partial charge on any atom is -0.349 e. The van der Waals surface area contributed by atoms with Crippen LogP contribution in [0.2, 0.25) is 5.02 Å². The van der Waals surface area contributed by atoms with Crippen molar-refractivity contribution in [3.05, 3.63) is 99.6 Å². The number of hydrogen-bond donors (Lipinski definition) is 0. The molecule has 3 aromatic rings. The number of ether oxygens (including phenoxy) is 1. The number of halogens is 1. The van der Waals surface area contributed by atoms with Crippen LogP contribution in [0.25, 0.3) is 0 Å². The number of carbonyl (C=O) groups is 4. The molecule has 2 amide bonds. The van der Waals surface area contributed by atoms with Gasteiger partial charge in [0.1, 0.15) is 0 Å². The quantitative estimate of drug-likeness (QED) is 0.390. The number of carbonyl (C=O) groups excluding carboxylic acids is 4. The number of anilines is 1. The third-order valence-electron chi connectivity index (χ3n) is 7.55. The Bertz CT molecular complexity index is 1440. The third kappa shape index (κ3) is 2.69. The average Bonchev–Trinajstić information content (AvgIpc) is 3.41. The van der Waals surface area contributed by atoms with Gasteiger partial charge in [0.05, 0.1) is 23.6 Å². The Morgan fingerprint density at radius 3 is 2.09 bits per heavy atom. The van der Waals surface area contributed by atoms with Crippen LogP contribution in [0.3, 0.4) is 0 Å². The van der Waals surface area contributed by atoms with Crippen LogP contribution in [0.4, 0.5) is 5.69 Å². The van der Waals surface area contributed by atoms with Gasteiger partial charge in [-0.25, -0.2) is 4.90 Å². The molecule has 2 saturated heterocycles. The fraction of sp³-hybridized carbons (Fsp3) is 0.214. The van der Waals surface area contributed by atoms with Gasteiger partial charge < -0.3 is 4.74 Å². The van der Waals surface area contributed by atoms with Crippen LogP contribution < -0.4 is 4.90 Å². The van der Waals surface area contributed by atoms with Gasteiger partial charge in [-0.05, 0) is 37.1 Å². The number of amides is 2. The number of fused-ring (bicyclic) bond motifs is 3. The normalized spacial score (nSPS) is 24.4. The van der Waals surface area contributed by atoms with Crippen LogP contribution in [-0.2, 0) is 14.3 Å². The maximum absolute atomic E-state index is 14.0. The first-order valence-corrected chi connectivity index (χ1v) is 11.7. The molecule has 6 rings (SSSR count). The van der Waals surface area contributed by atoms with Gasteiger partial charge in [0.2, 0.25) is 29.0 Å². The molecule has 2 fully saturated rings. The van der Waals surface area contributed by atoms with Crippen molar-refractivity contribution < 1.29 is 23.9 Å². The van der Waals surface area contributed by atoms with E-state index in [-0.39, 0.29) is 11.1 Å². The highest BCUT2D eigenvalue weighted by Gasteiger charge is 2.75. The van der Waals surface area contributed by atoms with E-state index in [1.807, 2.05) is 19.9 Å². The van der Waals surface area contributed by atoms with Gasteiger partial charge in [0, 0.05) is 21.7 Å². The second kappa shape index (κ2) is 7.44. The molecule has 35 heavy (non-hydrogen) atoms. The van der Waals surface area contributed by atoms with E-state index in [1.54, 1.807) is 60.7 Å². The highest BCUT2D eigenvalue weighted by atomic mass is 35.5. The van der Waals surface area contributed by atoms with Gasteiger partial charge in [-0.1, -0.05) is 66.2 Å². The zero-order chi connectivity index (χ0) is 24.6. The van der Waals surface area contributed by atoms with E-state index in [0.717, 1.165) is 16.0 Å². The van der Waals surface area contributed by atoms with Gasteiger partial charge in [0.25, 0.3) is 0 Å². The molecule has 0 bridgehead atoms.